The van der Waals surface area contributed by atoms with E-state index in [1.54, 1.807) is 20.8 Å². The molecule has 2 aliphatic heterocycles. The van der Waals surface area contributed by atoms with Gasteiger partial charge in [0.15, 0.2) is 0 Å². The molecule has 0 aromatic carbocycles. The molecule has 0 saturated carbocycles. The maximum atomic E-state index is 14.4. The van der Waals surface area contributed by atoms with E-state index in [1.165, 1.54) is 4.31 Å². The van der Waals surface area contributed by atoms with E-state index in [1.807, 2.05) is 0 Å². The summed E-state index contributed by atoms with van der Waals surface area (Å²) in [5.41, 5.74) is -0.664. The standard InChI is InChI=1S/C15H27FN2O5S/c1-15(2,3)23-14(19)17-13-4-7-18(10-12(13)16)24(20,21)11-5-8-22-9-6-11/h11-13H,4-10H2,1-3H3,(H,17,19)/t12-,13-/m0/s1. The molecule has 140 valence electrons. The van der Waals surface area contributed by atoms with Crippen LogP contribution in [0, 0.1) is 0 Å². The molecular weight excluding hydrogens is 339 g/mol. The first-order valence-corrected chi connectivity index (χ1v) is 9.80. The Morgan fingerprint density at radius 3 is 2.42 bits per heavy atom. The fourth-order valence-electron chi connectivity index (χ4n) is 2.91. The number of nitrogens with zero attached hydrogens (tertiary/aromatic N) is 1. The summed E-state index contributed by atoms with van der Waals surface area (Å²) in [6.07, 6.45) is -1.04. The average molecular weight is 366 g/mol. The van der Waals surface area contributed by atoms with Gasteiger partial charge >= 0.3 is 6.09 Å². The SMILES string of the molecule is CC(C)(C)OC(=O)N[C@H]1CCN(S(=O)(=O)C2CCOCC2)C[C@@H]1F. The number of hydrogen-bond donors (Lipinski definition) is 1. The van der Waals surface area contributed by atoms with Gasteiger partial charge < -0.3 is 14.8 Å². The van der Waals surface area contributed by atoms with Gasteiger partial charge in [-0.2, -0.15) is 4.31 Å². The number of sulfonamides is 1. The second kappa shape index (κ2) is 7.53. The highest BCUT2D eigenvalue weighted by Crippen LogP contribution is 2.24. The van der Waals surface area contributed by atoms with Crippen molar-refractivity contribution in [1.29, 1.82) is 0 Å². The summed E-state index contributed by atoms with van der Waals surface area (Å²) in [5, 5.41) is 1.99. The molecular formula is C15H27FN2O5S. The highest BCUT2D eigenvalue weighted by molar-refractivity contribution is 7.89. The maximum Gasteiger partial charge on any atom is 0.407 e. The average Bonchev–Trinajstić information content (AvgIpc) is 2.48. The minimum atomic E-state index is -3.53. The Labute approximate surface area is 142 Å². The lowest BCUT2D eigenvalue weighted by atomic mass is 10.1. The molecule has 2 saturated heterocycles. The number of rotatable bonds is 3. The van der Waals surface area contributed by atoms with Gasteiger partial charge in [-0.25, -0.2) is 17.6 Å². The third-order valence-electron chi connectivity index (χ3n) is 4.16. The summed E-state index contributed by atoms with van der Waals surface area (Å²) in [6, 6.07) is -0.735. The van der Waals surface area contributed by atoms with E-state index >= 15 is 0 Å². The molecule has 24 heavy (non-hydrogen) atoms. The molecule has 2 rings (SSSR count). The lowest BCUT2D eigenvalue weighted by molar-refractivity contribution is 0.0436. The number of amides is 1. The second-order valence-electron chi connectivity index (χ2n) is 7.27. The molecule has 2 aliphatic rings. The zero-order chi connectivity index (χ0) is 18.0. The van der Waals surface area contributed by atoms with Crippen molar-refractivity contribution >= 4 is 16.1 Å². The number of nitrogens with one attached hydrogen (secondary N) is 1. The Kier molecular flexibility index (Phi) is 6.09. The Morgan fingerprint density at radius 1 is 1.25 bits per heavy atom. The van der Waals surface area contributed by atoms with Gasteiger partial charge in [-0.05, 0) is 40.0 Å². The van der Waals surface area contributed by atoms with Gasteiger partial charge in [0.2, 0.25) is 10.0 Å². The normalized spacial score (nSPS) is 27.7. The van der Waals surface area contributed by atoms with Crippen molar-refractivity contribution in [2.24, 2.45) is 0 Å². The van der Waals surface area contributed by atoms with Crippen molar-refractivity contribution in [3.05, 3.63) is 0 Å². The zero-order valence-corrected chi connectivity index (χ0v) is 15.3. The van der Waals surface area contributed by atoms with E-state index in [0.29, 0.717) is 26.1 Å². The van der Waals surface area contributed by atoms with Gasteiger partial charge in [0.1, 0.15) is 11.8 Å². The smallest absolute Gasteiger partial charge is 0.407 e. The topological polar surface area (TPSA) is 84.9 Å². The van der Waals surface area contributed by atoms with Crippen LogP contribution in [0.3, 0.4) is 0 Å². The number of hydrogen-bond acceptors (Lipinski definition) is 5. The maximum absolute atomic E-state index is 14.4. The van der Waals surface area contributed by atoms with Crippen LogP contribution in [0.25, 0.3) is 0 Å². The number of halogens is 1. The summed E-state index contributed by atoms with van der Waals surface area (Å²) < 4.78 is 51.1. The lowest BCUT2D eigenvalue weighted by Crippen LogP contribution is -2.55. The number of alkyl halides is 1. The largest absolute Gasteiger partial charge is 0.444 e. The van der Waals surface area contributed by atoms with Crippen molar-refractivity contribution in [1.82, 2.24) is 9.62 Å². The van der Waals surface area contributed by atoms with Crippen LogP contribution >= 0.6 is 0 Å². The van der Waals surface area contributed by atoms with Gasteiger partial charge in [-0.3, -0.25) is 0 Å². The fraction of sp³-hybridized carbons (Fsp3) is 0.933. The molecule has 0 radical (unpaired) electrons. The van der Waals surface area contributed by atoms with Gasteiger partial charge in [0, 0.05) is 26.3 Å². The summed E-state index contributed by atoms with van der Waals surface area (Å²) >= 11 is 0. The molecule has 0 bridgehead atoms. The predicted molar refractivity (Wildman–Crippen MR) is 87.0 cm³/mol. The van der Waals surface area contributed by atoms with Crippen molar-refractivity contribution in [2.45, 2.75) is 63.1 Å². The summed E-state index contributed by atoms with van der Waals surface area (Å²) in [7, 11) is -3.53. The van der Waals surface area contributed by atoms with Gasteiger partial charge in [-0.1, -0.05) is 0 Å². The molecule has 1 amide bonds. The molecule has 0 unspecified atom stereocenters. The molecule has 7 nitrogen and oxygen atoms in total. The van der Waals surface area contributed by atoms with Crippen molar-refractivity contribution in [2.75, 3.05) is 26.3 Å². The lowest BCUT2D eigenvalue weighted by Gasteiger charge is -2.37. The monoisotopic (exact) mass is 366 g/mol. The van der Waals surface area contributed by atoms with Crippen LogP contribution in [0.15, 0.2) is 0 Å². The van der Waals surface area contributed by atoms with Crippen LogP contribution in [-0.2, 0) is 19.5 Å². The molecule has 0 spiro atoms. The third-order valence-corrected chi connectivity index (χ3v) is 6.52. The van der Waals surface area contributed by atoms with E-state index in [4.69, 9.17) is 9.47 Å². The van der Waals surface area contributed by atoms with Gasteiger partial charge in [0.25, 0.3) is 0 Å². The minimum absolute atomic E-state index is 0.195. The first-order chi connectivity index (χ1) is 11.1. The Balaban J connectivity index is 1.91. The Hall–Kier alpha value is -0.930. The number of carbonyl (C=O) groups is 1. The highest BCUT2D eigenvalue weighted by atomic mass is 32.2. The predicted octanol–water partition coefficient (Wildman–Crippen LogP) is 1.43. The van der Waals surface area contributed by atoms with Gasteiger partial charge in [0.05, 0.1) is 11.3 Å². The van der Waals surface area contributed by atoms with E-state index in [-0.39, 0.29) is 19.5 Å². The van der Waals surface area contributed by atoms with E-state index in [0.717, 1.165) is 0 Å². The first kappa shape index (κ1) is 19.4. The first-order valence-electron chi connectivity index (χ1n) is 8.30. The quantitative estimate of drug-likeness (QED) is 0.817. The number of carbonyl (C=O) groups excluding carboxylic acids is 1. The van der Waals surface area contributed by atoms with Crippen LogP contribution in [0.1, 0.15) is 40.0 Å². The molecule has 0 aromatic heterocycles. The van der Waals surface area contributed by atoms with Crippen molar-refractivity contribution in [3.8, 4) is 0 Å². The van der Waals surface area contributed by atoms with E-state index in [9.17, 15) is 17.6 Å². The molecule has 0 aliphatic carbocycles. The highest BCUT2D eigenvalue weighted by Gasteiger charge is 2.40. The molecule has 2 fully saturated rings. The molecule has 2 atom stereocenters. The van der Waals surface area contributed by atoms with E-state index in [2.05, 4.69) is 5.32 Å². The Morgan fingerprint density at radius 2 is 1.88 bits per heavy atom. The molecule has 2 heterocycles. The summed E-state index contributed by atoms with van der Waals surface area (Å²) in [4.78, 5) is 11.8. The summed E-state index contributed by atoms with van der Waals surface area (Å²) in [6.45, 7) is 5.97. The molecule has 9 heteroatoms. The third kappa shape index (κ3) is 5.03. The zero-order valence-electron chi connectivity index (χ0n) is 14.5. The van der Waals surface area contributed by atoms with Crippen LogP contribution in [-0.4, -0.2) is 68.2 Å². The molecule has 0 aromatic rings. The van der Waals surface area contributed by atoms with Crippen LogP contribution in [0.5, 0.6) is 0 Å². The van der Waals surface area contributed by atoms with Crippen molar-refractivity contribution < 1.29 is 27.1 Å². The van der Waals surface area contributed by atoms with Crippen molar-refractivity contribution in [3.63, 3.8) is 0 Å². The number of ether oxygens (including phenoxy) is 2. The second-order valence-corrected chi connectivity index (χ2v) is 9.49. The minimum Gasteiger partial charge on any atom is -0.444 e. The van der Waals surface area contributed by atoms with Crippen LogP contribution < -0.4 is 5.32 Å². The van der Waals surface area contributed by atoms with Crippen LogP contribution in [0.4, 0.5) is 9.18 Å². The molecule has 1 N–H and O–H groups in total. The van der Waals surface area contributed by atoms with E-state index < -0.39 is 39.2 Å². The van der Waals surface area contributed by atoms with Gasteiger partial charge in [-0.15, -0.1) is 0 Å². The number of alkyl carbamates (subject to hydrolysis) is 1. The fourth-order valence-corrected chi connectivity index (χ4v) is 4.83. The van der Waals surface area contributed by atoms with Crippen LogP contribution in [0.2, 0.25) is 0 Å². The number of piperidine rings is 1. The summed E-state index contributed by atoms with van der Waals surface area (Å²) in [5.74, 6) is 0. The Bertz CT molecular complexity index is 543.